The van der Waals surface area contributed by atoms with Gasteiger partial charge in [-0.2, -0.15) is 4.72 Å². The maximum atomic E-state index is 12.0. The Labute approximate surface area is 166 Å². The summed E-state index contributed by atoms with van der Waals surface area (Å²) in [5, 5.41) is 0. The van der Waals surface area contributed by atoms with E-state index in [9.17, 15) is 8.42 Å². The Morgan fingerprint density at radius 1 is 1.18 bits per heavy atom. The topological polar surface area (TPSA) is 84.7 Å². The normalized spacial score (nSPS) is 24.5. The molecule has 6 nitrogen and oxygen atoms in total. The molecule has 0 aromatic heterocycles. The number of aryl methyl sites for hydroxylation is 1. The summed E-state index contributed by atoms with van der Waals surface area (Å²) in [5.41, 5.74) is 9.03. The fourth-order valence-electron chi connectivity index (χ4n) is 4.12. The van der Waals surface area contributed by atoms with Crippen molar-refractivity contribution in [2.75, 3.05) is 24.6 Å². The lowest BCUT2D eigenvalue weighted by Crippen LogP contribution is -2.60. The minimum atomic E-state index is -3.18. The van der Waals surface area contributed by atoms with E-state index < -0.39 is 10.0 Å². The first-order chi connectivity index (χ1) is 13.4. The number of nitrogens with one attached hydrogen (secondary N) is 1. The first-order valence-electron chi connectivity index (χ1n) is 9.85. The van der Waals surface area contributed by atoms with Gasteiger partial charge in [-0.15, -0.1) is 0 Å². The Morgan fingerprint density at radius 2 is 1.96 bits per heavy atom. The van der Waals surface area contributed by atoms with Crippen LogP contribution in [0.2, 0.25) is 0 Å². The largest absolute Gasteiger partial charge is 0.455 e. The van der Waals surface area contributed by atoms with Crippen molar-refractivity contribution in [3.05, 3.63) is 53.6 Å². The average molecular weight is 402 g/mol. The number of rotatable bonds is 4. The molecule has 2 unspecified atom stereocenters. The van der Waals surface area contributed by atoms with E-state index >= 15 is 0 Å². The van der Waals surface area contributed by atoms with Crippen LogP contribution in [-0.4, -0.2) is 38.3 Å². The molecule has 150 valence electrons. The van der Waals surface area contributed by atoms with Gasteiger partial charge in [0.2, 0.25) is 10.0 Å². The summed E-state index contributed by atoms with van der Waals surface area (Å²) in [4.78, 5) is 2.25. The van der Waals surface area contributed by atoms with E-state index in [0.29, 0.717) is 18.0 Å². The summed E-state index contributed by atoms with van der Waals surface area (Å²) in [7, 11) is -3.18. The van der Waals surface area contributed by atoms with Crippen LogP contribution in [0.5, 0.6) is 11.5 Å². The Balaban J connectivity index is 1.51. The molecule has 2 heterocycles. The van der Waals surface area contributed by atoms with Crippen LogP contribution in [0.3, 0.4) is 0 Å². The molecule has 2 aromatic rings. The maximum Gasteiger partial charge on any atom is 0.214 e. The number of hydrogen-bond acceptors (Lipinski definition) is 5. The van der Waals surface area contributed by atoms with Crippen LogP contribution in [0.15, 0.2) is 42.5 Å². The molecule has 28 heavy (non-hydrogen) atoms. The van der Waals surface area contributed by atoms with Crippen molar-refractivity contribution in [2.24, 2.45) is 0 Å². The molecule has 0 bridgehead atoms. The summed E-state index contributed by atoms with van der Waals surface area (Å²) in [6, 6.07) is 13.8. The molecule has 2 saturated heterocycles. The van der Waals surface area contributed by atoms with E-state index in [2.05, 4.69) is 16.5 Å². The molecule has 7 heteroatoms. The zero-order chi connectivity index (χ0) is 19.7. The Hall–Kier alpha value is -2.09. The highest BCUT2D eigenvalue weighted by Gasteiger charge is 2.38. The molecule has 4 rings (SSSR count). The van der Waals surface area contributed by atoms with Gasteiger partial charge in [-0.05, 0) is 61.2 Å². The predicted octanol–water partition coefficient (Wildman–Crippen LogP) is 3.06. The number of sulfonamides is 1. The number of benzene rings is 2. The highest BCUT2D eigenvalue weighted by atomic mass is 32.2. The summed E-state index contributed by atoms with van der Waals surface area (Å²) in [6.45, 7) is 3.63. The van der Waals surface area contributed by atoms with Crippen molar-refractivity contribution >= 4 is 15.7 Å². The second-order valence-electron chi connectivity index (χ2n) is 7.56. The molecule has 0 saturated carbocycles. The predicted molar refractivity (Wildman–Crippen MR) is 111 cm³/mol. The minimum absolute atomic E-state index is 0.145. The Bertz CT molecular complexity index is 944. The molecule has 2 atom stereocenters. The molecule has 0 spiro atoms. The van der Waals surface area contributed by atoms with Crippen LogP contribution in [0.25, 0.3) is 0 Å². The summed E-state index contributed by atoms with van der Waals surface area (Å²) in [5.74, 6) is 1.69. The second kappa shape index (κ2) is 7.73. The van der Waals surface area contributed by atoms with E-state index in [0.717, 1.165) is 37.1 Å². The van der Waals surface area contributed by atoms with E-state index in [4.69, 9.17) is 10.5 Å². The molecular formula is C21H27N3O3S. The number of piperidine rings is 1. The number of nitrogen functional groups attached to an aromatic ring is 1. The van der Waals surface area contributed by atoms with Gasteiger partial charge in [0.15, 0.2) is 0 Å². The van der Waals surface area contributed by atoms with Crippen molar-refractivity contribution in [3.63, 3.8) is 0 Å². The zero-order valence-electron chi connectivity index (χ0n) is 16.1. The maximum absolute atomic E-state index is 12.0. The van der Waals surface area contributed by atoms with Crippen LogP contribution in [-0.2, 0) is 16.4 Å². The molecule has 0 aliphatic carbocycles. The van der Waals surface area contributed by atoms with Crippen molar-refractivity contribution in [1.82, 2.24) is 9.62 Å². The second-order valence-corrected chi connectivity index (χ2v) is 9.44. The summed E-state index contributed by atoms with van der Waals surface area (Å²) >= 11 is 0. The highest BCUT2D eigenvalue weighted by Crippen LogP contribution is 2.35. The van der Waals surface area contributed by atoms with Crippen LogP contribution in [0, 0.1) is 0 Å². The fourth-order valence-corrected chi connectivity index (χ4v) is 5.40. The third kappa shape index (κ3) is 4.01. The van der Waals surface area contributed by atoms with Crippen molar-refractivity contribution in [2.45, 2.75) is 38.3 Å². The molecule has 2 aliphatic rings. The van der Waals surface area contributed by atoms with E-state index in [1.165, 1.54) is 5.56 Å². The van der Waals surface area contributed by atoms with Crippen molar-refractivity contribution < 1.29 is 13.2 Å². The number of anilines is 1. The number of ether oxygens (including phenoxy) is 1. The van der Waals surface area contributed by atoms with Crippen LogP contribution in [0.1, 0.15) is 36.8 Å². The lowest BCUT2D eigenvalue weighted by Gasteiger charge is -2.44. The van der Waals surface area contributed by atoms with Crippen LogP contribution < -0.4 is 15.2 Å². The molecule has 2 aromatic carbocycles. The lowest BCUT2D eigenvalue weighted by atomic mass is 9.87. The lowest BCUT2D eigenvalue weighted by molar-refractivity contribution is 0.116. The minimum Gasteiger partial charge on any atom is -0.455 e. The van der Waals surface area contributed by atoms with Gasteiger partial charge in [0.1, 0.15) is 11.5 Å². The summed E-state index contributed by atoms with van der Waals surface area (Å²) < 4.78 is 32.9. The highest BCUT2D eigenvalue weighted by molar-refractivity contribution is 7.89. The van der Waals surface area contributed by atoms with Crippen LogP contribution in [0.4, 0.5) is 5.69 Å². The first-order valence-corrected chi connectivity index (χ1v) is 11.5. The number of hydrogen-bond donors (Lipinski definition) is 2. The van der Waals surface area contributed by atoms with Gasteiger partial charge in [0.25, 0.3) is 0 Å². The van der Waals surface area contributed by atoms with Gasteiger partial charge in [-0.1, -0.05) is 25.1 Å². The molecule has 2 aliphatic heterocycles. The number of fused-ring (bicyclic) bond motifs is 1. The third-order valence-corrected chi connectivity index (χ3v) is 7.02. The molecule has 3 N–H and O–H groups in total. The van der Waals surface area contributed by atoms with Gasteiger partial charge in [-0.25, -0.2) is 8.42 Å². The van der Waals surface area contributed by atoms with Crippen molar-refractivity contribution in [3.8, 4) is 11.5 Å². The number of nitrogens with zero attached hydrogens (tertiary/aromatic N) is 1. The molecule has 0 amide bonds. The average Bonchev–Trinajstić information content (AvgIpc) is 2.69. The van der Waals surface area contributed by atoms with Gasteiger partial charge in [0.05, 0.1) is 17.6 Å². The molecule has 0 radical (unpaired) electrons. The summed E-state index contributed by atoms with van der Waals surface area (Å²) in [6.07, 6.45) is 2.82. The molecular weight excluding hydrogens is 374 g/mol. The third-order valence-electron chi connectivity index (χ3n) is 5.70. The fraction of sp³-hybridized carbons (Fsp3) is 0.429. The van der Waals surface area contributed by atoms with E-state index in [1.54, 1.807) is 0 Å². The van der Waals surface area contributed by atoms with Crippen LogP contribution >= 0.6 is 0 Å². The SMILES string of the molecule is CCc1ccc(Oc2ccc(C3CCCN4CCS(=O)(=O)NC34)cc2)c(N)c1. The van der Waals surface area contributed by atoms with Gasteiger partial charge >= 0.3 is 0 Å². The monoisotopic (exact) mass is 401 g/mol. The van der Waals surface area contributed by atoms with Gasteiger partial charge < -0.3 is 10.5 Å². The molecule has 2 fully saturated rings. The van der Waals surface area contributed by atoms with Crippen molar-refractivity contribution in [1.29, 1.82) is 0 Å². The Morgan fingerprint density at radius 3 is 2.68 bits per heavy atom. The van der Waals surface area contributed by atoms with E-state index in [1.807, 2.05) is 42.5 Å². The smallest absolute Gasteiger partial charge is 0.214 e. The Kier molecular flexibility index (Phi) is 5.31. The van der Waals surface area contributed by atoms with Gasteiger partial charge in [-0.3, -0.25) is 4.90 Å². The zero-order valence-corrected chi connectivity index (χ0v) is 16.9. The van der Waals surface area contributed by atoms with Gasteiger partial charge in [0, 0.05) is 12.5 Å². The van der Waals surface area contributed by atoms with E-state index in [-0.39, 0.29) is 17.8 Å². The standard InChI is InChI=1S/C21H27N3O3S/c1-2-15-5-10-20(19(22)14-15)27-17-8-6-16(7-9-17)18-4-3-11-24-12-13-28(25,26)23-21(18)24/h5-10,14,18,21,23H,2-4,11-13,22H2,1H3. The number of nitrogens with two attached hydrogens (primary N) is 1. The first kappa shape index (κ1) is 19.2. The quantitative estimate of drug-likeness (QED) is 0.769.